The zero-order valence-corrected chi connectivity index (χ0v) is 15.6. The van der Waals surface area contributed by atoms with Crippen molar-refractivity contribution >= 4 is 17.4 Å². The van der Waals surface area contributed by atoms with Gasteiger partial charge >= 0.3 is 0 Å². The fourth-order valence-electron chi connectivity index (χ4n) is 3.69. The Bertz CT molecular complexity index is 982. The monoisotopic (exact) mass is 381 g/mol. The number of ether oxygens (including phenoxy) is 2. The largest absolute Gasteiger partial charge is 0.486 e. The van der Waals surface area contributed by atoms with Gasteiger partial charge in [-0.3, -0.25) is 0 Å². The van der Waals surface area contributed by atoms with Crippen LogP contribution < -0.4 is 14.8 Å². The van der Waals surface area contributed by atoms with Gasteiger partial charge in [-0.2, -0.15) is 5.10 Å². The lowest BCUT2D eigenvalue weighted by Gasteiger charge is -2.19. The molecule has 2 aliphatic rings. The summed E-state index contributed by atoms with van der Waals surface area (Å²) in [6.07, 6.45) is 3.30. The molecule has 0 saturated heterocycles. The van der Waals surface area contributed by atoms with Crippen molar-refractivity contribution in [2.45, 2.75) is 19.3 Å². The SMILES string of the molecule is Clc1ccc(-c2nn(-c3ccc4c(c3)OCCO4)c3c2CCCCN3)cc1. The molecule has 3 heterocycles. The maximum Gasteiger partial charge on any atom is 0.163 e. The molecule has 138 valence electrons. The molecule has 1 N–H and O–H groups in total. The van der Waals surface area contributed by atoms with Crippen molar-refractivity contribution in [3.63, 3.8) is 0 Å². The van der Waals surface area contributed by atoms with E-state index in [1.807, 2.05) is 47.1 Å². The van der Waals surface area contributed by atoms with Gasteiger partial charge in [-0.1, -0.05) is 23.7 Å². The molecule has 27 heavy (non-hydrogen) atoms. The number of fused-ring (bicyclic) bond motifs is 2. The molecule has 0 bridgehead atoms. The van der Waals surface area contributed by atoms with Crippen molar-refractivity contribution in [3.8, 4) is 28.4 Å². The molecule has 6 heteroatoms. The van der Waals surface area contributed by atoms with E-state index in [-0.39, 0.29) is 0 Å². The minimum Gasteiger partial charge on any atom is -0.486 e. The maximum atomic E-state index is 6.07. The van der Waals surface area contributed by atoms with Crippen LogP contribution in [0.25, 0.3) is 16.9 Å². The lowest BCUT2D eigenvalue weighted by atomic mass is 10.0. The summed E-state index contributed by atoms with van der Waals surface area (Å²) in [5, 5.41) is 9.27. The van der Waals surface area contributed by atoms with Gasteiger partial charge in [-0.25, -0.2) is 4.68 Å². The Balaban J connectivity index is 1.65. The fraction of sp³-hybridized carbons (Fsp3) is 0.286. The van der Waals surface area contributed by atoms with Crippen molar-refractivity contribution < 1.29 is 9.47 Å². The fourth-order valence-corrected chi connectivity index (χ4v) is 3.82. The van der Waals surface area contributed by atoms with Crippen molar-refractivity contribution in [3.05, 3.63) is 53.1 Å². The van der Waals surface area contributed by atoms with Gasteiger partial charge in [-0.15, -0.1) is 0 Å². The topological polar surface area (TPSA) is 48.3 Å². The molecule has 0 amide bonds. The van der Waals surface area contributed by atoms with Gasteiger partial charge in [0, 0.05) is 28.8 Å². The zero-order valence-electron chi connectivity index (χ0n) is 14.9. The smallest absolute Gasteiger partial charge is 0.163 e. The van der Waals surface area contributed by atoms with Crippen LogP contribution in [-0.4, -0.2) is 29.5 Å². The lowest BCUT2D eigenvalue weighted by molar-refractivity contribution is 0.171. The number of nitrogens with zero attached hydrogens (tertiary/aromatic N) is 2. The predicted octanol–water partition coefficient (Wildman–Crippen LogP) is 4.71. The third-order valence-corrected chi connectivity index (χ3v) is 5.27. The third-order valence-electron chi connectivity index (χ3n) is 5.02. The second kappa shape index (κ2) is 6.82. The molecule has 0 spiro atoms. The summed E-state index contributed by atoms with van der Waals surface area (Å²) >= 11 is 6.07. The summed E-state index contributed by atoms with van der Waals surface area (Å²) in [5.41, 5.74) is 4.30. The summed E-state index contributed by atoms with van der Waals surface area (Å²) in [6.45, 7) is 2.11. The number of hydrogen-bond acceptors (Lipinski definition) is 4. The highest BCUT2D eigenvalue weighted by molar-refractivity contribution is 6.30. The summed E-state index contributed by atoms with van der Waals surface area (Å²) in [4.78, 5) is 0. The van der Waals surface area contributed by atoms with E-state index in [9.17, 15) is 0 Å². The molecule has 1 aromatic heterocycles. The number of benzene rings is 2. The van der Waals surface area contributed by atoms with E-state index in [1.54, 1.807) is 0 Å². The molecular weight excluding hydrogens is 362 g/mol. The van der Waals surface area contributed by atoms with Gasteiger partial charge < -0.3 is 14.8 Å². The van der Waals surface area contributed by atoms with Crippen LogP contribution >= 0.6 is 11.6 Å². The zero-order chi connectivity index (χ0) is 18.2. The second-order valence-electron chi connectivity index (χ2n) is 6.81. The molecule has 5 rings (SSSR count). The van der Waals surface area contributed by atoms with Crippen LogP contribution in [0, 0.1) is 0 Å². The van der Waals surface area contributed by atoms with E-state index in [4.69, 9.17) is 26.2 Å². The highest BCUT2D eigenvalue weighted by Crippen LogP contribution is 2.37. The summed E-state index contributed by atoms with van der Waals surface area (Å²) < 4.78 is 13.4. The number of anilines is 1. The Morgan fingerprint density at radius 3 is 2.63 bits per heavy atom. The molecule has 0 aliphatic carbocycles. The minimum atomic E-state index is 0.571. The maximum absolute atomic E-state index is 6.07. The van der Waals surface area contributed by atoms with E-state index >= 15 is 0 Å². The first-order chi connectivity index (χ1) is 13.3. The minimum absolute atomic E-state index is 0.571. The van der Waals surface area contributed by atoms with Crippen molar-refractivity contribution in [1.82, 2.24) is 9.78 Å². The first-order valence-corrected chi connectivity index (χ1v) is 9.69. The second-order valence-corrected chi connectivity index (χ2v) is 7.24. The van der Waals surface area contributed by atoms with Crippen LogP contribution in [-0.2, 0) is 6.42 Å². The quantitative estimate of drug-likeness (QED) is 0.698. The molecule has 2 aliphatic heterocycles. The third kappa shape index (κ3) is 3.02. The van der Waals surface area contributed by atoms with Gasteiger partial charge in [0.2, 0.25) is 0 Å². The molecule has 2 aromatic carbocycles. The highest BCUT2D eigenvalue weighted by Gasteiger charge is 2.23. The van der Waals surface area contributed by atoms with Crippen LogP contribution in [0.15, 0.2) is 42.5 Å². The number of aromatic nitrogens is 2. The Morgan fingerprint density at radius 1 is 0.963 bits per heavy atom. The molecule has 0 unspecified atom stereocenters. The lowest BCUT2D eigenvalue weighted by Crippen LogP contribution is -2.15. The standard InChI is InChI=1S/C21H20ClN3O2/c22-15-6-4-14(5-7-15)20-17-3-1-2-10-23-21(17)25(24-20)16-8-9-18-19(13-16)27-12-11-26-18/h4-9,13,23H,1-3,10-12H2. The van der Waals surface area contributed by atoms with Crippen LogP contribution in [0.1, 0.15) is 18.4 Å². The highest BCUT2D eigenvalue weighted by atomic mass is 35.5. The van der Waals surface area contributed by atoms with E-state index in [1.165, 1.54) is 5.56 Å². The molecule has 3 aromatic rings. The molecule has 5 nitrogen and oxygen atoms in total. The summed E-state index contributed by atoms with van der Waals surface area (Å²) in [6, 6.07) is 13.9. The molecule has 0 saturated carbocycles. The average Bonchev–Trinajstić information content (AvgIpc) is 2.89. The predicted molar refractivity (Wildman–Crippen MR) is 106 cm³/mol. The van der Waals surface area contributed by atoms with Gasteiger partial charge in [0.1, 0.15) is 19.0 Å². The van der Waals surface area contributed by atoms with Gasteiger partial charge in [-0.05, 0) is 43.5 Å². The number of rotatable bonds is 2. The first kappa shape index (κ1) is 16.5. The van der Waals surface area contributed by atoms with Crippen molar-refractivity contribution in [2.75, 3.05) is 25.1 Å². The van der Waals surface area contributed by atoms with Crippen molar-refractivity contribution in [1.29, 1.82) is 0 Å². The van der Waals surface area contributed by atoms with Crippen LogP contribution in [0.4, 0.5) is 5.82 Å². The molecule has 0 radical (unpaired) electrons. The molecule has 0 atom stereocenters. The normalized spacial score (nSPS) is 15.6. The summed E-state index contributed by atoms with van der Waals surface area (Å²) in [7, 11) is 0. The Kier molecular flexibility index (Phi) is 4.17. The number of hydrogen-bond donors (Lipinski definition) is 1. The Hall–Kier alpha value is -2.66. The summed E-state index contributed by atoms with van der Waals surface area (Å²) in [5.74, 6) is 2.62. The average molecular weight is 382 g/mol. The number of halogens is 1. The van der Waals surface area contributed by atoms with E-state index in [0.717, 1.165) is 65.1 Å². The van der Waals surface area contributed by atoms with Gasteiger partial charge in [0.05, 0.1) is 11.4 Å². The molecule has 0 fully saturated rings. The van der Waals surface area contributed by atoms with Crippen molar-refractivity contribution in [2.24, 2.45) is 0 Å². The van der Waals surface area contributed by atoms with E-state index in [2.05, 4.69) is 5.32 Å². The Labute approximate surface area is 162 Å². The van der Waals surface area contributed by atoms with Gasteiger partial charge in [0.15, 0.2) is 11.5 Å². The van der Waals surface area contributed by atoms with E-state index < -0.39 is 0 Å². The van der Waals surface area contributed by atoms with Crippen LogP contribution in [0.5, 0.6) is 11.5 Å². The van der Waals surface area contributed by atoms with Gasteiger partial charge in [0.25, 0.3) is 0 Å². The van der Waals surface area contributed by atoms with E-state index in [0.29, 0.717) is 13.2 Å². The first-order valence-electron chi connectivity index (χ1n) is 9.31. The number of nitrogens with one attached hydrogen (secondary N) is 1. The molecular formula is C21H20ClN3O2. The van der Waals surface area contributed by atoms with Crippen LogP contribution in [0.3, 0.4) is 0 Å². The van der Waals surface area contributed by atoms with Crippen LogP contribution in [0.2, 0.25) is 5.02 Å². The Morgan fingerprint density at radius 2 is 1.78 bits per heavy atom.